The van der Waals surface area contributed by atoms with Crippen LogP contribution in [0.2, 0.25) is 0 Å². The molecule has 0 saturated heterocycles. The molecule has 0 heterocycles. The Morgan fingerprint density at radius 1 is 1.40 bits per heavy atom. The first-order chi connectivity index (χ1) is 9.04. The average molecular weight is 309 g/mol. The molecule has 0 spiro atoms. The number of ether oxygens (including phenoxy) is 1. The van der Waals surface area contributed by atoms with Gasteiger partial charge in [-0.05, 0) is 38.6 Å². The second-order valence-electron chi connectivity index (χ2n) is 4.08. The van der Waals surface area contributed by atoms with Crippen molar-refractivity contribution in [1.29, 1.82) is 0 Å². The van der Waals surface area contributed by atoms with E-state index in [1.165, 1.54) is 6.07 Å². The first-order valence-corrected chi connectivity index (χ1v) is 6.03. The van der Waals surface area contributed by atoms with Crippen molar-refractivity contribution in [2.75, 3.05) is 18.9 Å². The van der Waals surface area contributed by atoms with Crippen LogP contribution in [0, 0.1) is 6.92 Å². The standard InChI is InChI=1S/C13H18F2N2O2.ClH/c1-9-5-3-6-10(19-13(14)15)12(9)17-11(18)7-4-8-16-2;/h3,5-6,13,16H,4,7-8H2,1-2H3,(H,17,18);1H. The largest absolute Gasteiger partial charge is 0.433 e. The van der Waals surface area contributed by atoms with E-state index in [-0.39, 0.29) is 24.1 Å². The van der Waals surface area contributed by atoms with Crippen molar-refractivity contribution >= 4 is 24.0 Å². The molecule has 0 atom stereocenters. The summed E-state index contributed by atoms with van der Waals surface area (Å²) in [6.45, 7) is -0.468. The third-order valence-corrected chi connectivity index (χ3v) is 2.55. The number of halogens is 3. The number of hydrogen-bond donors (Lipinski definition) is 2. The molecule has 0 radical (unpaired) electrons. The second-order valence-corrected chi connectivity index (χ2v) is 4.08. The number of amides is 1. The molecule has 4 nitrogen and oxygen atoms in total. The number of carbonyl (C=O) groups is 1. The topological polar surface area (TPSA) is 50.4 Å². The molecule has 7 heteroatoms. The van der Waals surface area contributed by atoms with Gasteiger partial charge in [-0.2, -0.15) is 8.78 Å². The van der Waals surface area contributed by atoms with Crippen LogP contribution in [0.15, 0.2) is 18.2 Å². The first-order valence-electron chi connectivity index (χ1n) is 6.03. The fourth-order valence-corrected chi connectivity index (χ4v) is 1.62. The number of anilines is 1. The van der Waals surface area contributed by atoms with Gasteiger partial charge in [0, 0.05) is 6.42 Å². The van der Waals surface area contributed by atoms with Crippen molar-refractivity contribution < 1.29 is 18.3 Å². The van der Waals surface area contributed by atoms with Gasteiger partial charge in [-0.1, -0.05) is 12.1 Å². The number of hydrogen-bond acceptors (Lipinski definition) is 3. The van der Waals surface area contributed by atoms with Gasteiger partial charge in [0.15, 0.2) is 0 Å². The van der Waals surface area contributed by atoms with Crippen LogP contribution in [-0.4, -0.2) is 26.1 Å². The quantitative estimate of drug-likeness (QED) is 0.761. The fourth-order valence-electron chi connectivity index (χ4n) is 1.62. The predicted octanol–water partition coefficient (Wildman–Crippen LogP) is 2.96. The Morgan fingerprint density at radius 2 is 2.10 bits per heavy atom. The number of rotatable bonds is 7. The molecule has 0 saturated carbocycles. The Bertz CT molecular complexity index is 431. The molecule has 2 N–H and O–H groups in total. The van der Waals surface area contributed by atoms with Crippen molar-refractivity contribution in [2.45, 2.75) is 26.4 Å². The molecule has 0 aliphatic heterocycles. The van der Waals surface area contributed by atoms with E-state index in [1.54, 1.807) is 26.1 Å². The summed E-state index contributed by atoms with van der Waals surface area (Å²) in [5, 5.41) is 5.55. The summed E-state index contributed by atoms with van der Waals surface area (Å²) in [6.07, 6.45) is 1.00. The maximum atomic E-state index is 12.3. The highest BCUT2D eigenvalue weighted by molar-refractivity contribution is 5.93. The minimum Gasteiger partial charge on any atom is -0.433 e. The Balaban J connectivity index is 0.00000361. The summed E-state index contributed by atoms with van der Waals surface area (Å²) in [5.74, 6) is -0.236. The Hall–Kier alpha value is -1.40. The van der Waals surface area contributed by atoms with E-state index in [2.05, 4.69) is 15.4 Å². The lowest BCUT2D eigenvalue weighted by Gasteiger charge is -2.14. The maximum Gasteiger partial charge on any atom is 0.387 e. The second kappa shape index (κ2) is 9.50. The molecule has 0 aliphatic rings. The van der Waals surface area contributed by atoms with Crippen LogP contribution >= 0.6 is 12.4 Å². The van der Waals surface area contributed by atoms with E-state index in [0.717, 1.165) is 6.54 Å². The SMILES string of the molecule is CNCCCC(=O)Nc1c(C)cccc1OC(F)F.Cl. The van der Waals surface area contributed by atoms with Crippen LogP contribution < -0.4 is 15.4 Å². The summed E-state index contributed by atoms with van der Waals surface area (Å²) < 4.78 is 28.9. The molecule has 0 unspecified atom stereocenters. The van der Waals surface area contributed by atoms with Crippen molar-refractivity contribution in [1.82, 2.24) is 5.32 Å². The molecule has 1 aromatic rings. The highest BCUT2D eigenvalue weighted by Crippen LogP contribution is 2.29. The van der Waals surface area contributed by atoms with Gasteiger partial charge >= 0.3 is 6.61 Å². The first kappa shape index (κ1) is 18.6. The lowest BCUT2D eigenvalue weighted by atomic mass is 10.1. The number of nitrogens with one attached hydrogen (secondary N) is 2. The van der Waals surface area contributed by atoms with Crippen LogP contribution in [-0.2, 0) is 4.79 Å². The highest BCUT2D eigenvalue weighted by atomic mass is 35.5. The Morgan fingerprint density at radius 3 is 2.70 bits per heavy atom. The molecule has 1 rings (SSSR count). The highest BCUT2D eigenvalue weighted by Gasteiger charge is 2.13. The molecule has 0 aromatic heterocycles. The number of carbonyl (C=O) groups excluding carboxylic acids is 1. The lowest BCUT2D eigenvalue weighted by Crippen LogP contribution is -2.17. The summed E-state index contributed by atoms with van der Waals surface area (Å²) in [4.78, 5) is 11.7. The molecular formula is C13H19ClF2N2O2. The molecule has 20 heavy (non-hydrogen) atoms. The lowest BCUT2D eigenvalue weighted by molar-refractivity contribution is -0.116. The van der Waals surface area contributed by atoms with Crippen molar-refractivity contribution in [2.24, 2.45) is 0 Å². The maximum absolute atomic E-state index is 12.3. The normalized spacial score (nSPS) is 10.1. The predicted molar refractivity (Wildman–Crippen MR) is 76.8 cm³/mol. The zero-order valence-electron chi connectivity index (χ0n) is 11.4. The molecule has 114 valence electrons. The van der Waals surface area contributed by atoms with E-state index < -0.39 is 6.61 Å². The van der Waals surface area contributed by atoms with Crippen LogP contribution in [0.4, 0.5) is 14.5 Å². The Labute approximate surface area is 123 Å². The van der Waals surface area contributed by atoms with Gasteiger partial charge in [-0.3, -0.25) is 4.79 Å². The monoisotopic (exact) mass is 308 g/mol. The van der Waals surface area contributed by atoms with Gasteiger partial charge in [0.1, 0.15) is 5.75 Å². The fraction of sp³-hybridized carbons (Fsp3) is 0.462. The number of para-hydroxylation sites is 1. The molecule has 0 bridgehead atoms. The van der Waals surface area contributed by atoms with E-state index >= 15 is 0 Å². The minimum absolute atomic E-state index is 0. The third kappa shape index (κ3) is 6.16. The van der Waals surface area contributed by atoms with Crippen molar-refractivity contribution in [3.05, 3.63) is 23.8 Å². The third-order valence-electron chi connectivity index (χ3n) is 2.55. The van der Waals surface area contributed by atoms with Crippen LogP contribution in [0.25, 0.3) is 0 Å². The van der Waals surface area contributed by atoms with Crippen LogP contribution in [0.5, 0.6) is 5.75 Å². The van der Waals surface area contributed by atoms with Gasteiger partial charge in [0.25, 0.3) is 0 Å². The molecule has 0 aliphatic carbocycles. The van der Waals surface area contributed by atoms with E-state index in [9.17, 15) is 13.6 Å². The van der Waals surface area contributed by atoms with Crippen LogP contribution in [0.3, 0.4) is 0 Å². The van der Waals surface area contributed by atoms with Crippen LogP contribution in [0.1, 0.15) is 18.4 Å². The van der Waals surface area contributed by atoms with Crippen molar-refractivity contribution in [3.8, 4) is 5.75 Å². The number of alkyl halides is 2. The van der Waals surface area contributed by atoms with Gasteiger partial charge in [0.2, 0.25) is 5.91 Å². The number of benzene rings is 1. The summed E-state index contributed by atoms with van der Waals surface area (Å²) >= 11 is 0. The minimum atomic E-state index is -2.92. The zero-order valence-corrected chi connectivity index (χ0v) is 12.2. The van der Waals surface area contributed by atoms with E-state index in [4.69, 9.17) is 0 Å². The van der Waals surface area contributed by atoms with Gasteiger partial charge in [-0.15, -0.1) is 12.4 Å². The van der Waals surface area contributed by atoms with E-state index in [1.807, 2.05) is 0 Å². The molecular weight excluding hydrogens is 290 g/mol. The summed E-state index contributed by atoms with van der Waals surface area (Å²) in [5.41, 5.74) is 0.984. The average Bonchev–Trinajstić information content (AvgIpc) is 2.33. The molecule has 1 amide bonds. The number of aryl methyl sites for hydroxylation is 1. The van der Waals surface area contributed by atoms with E-state index in [0.29, 0.717) is 24.1 Å². The smallest absolute Gasteiger partial charge is 0.387 e. The van der Waals surface area contributed by atoms with Gasteiger partial charge in [-0.25, -0.2) is 0 Å². The zero-order chi connectivity index (χ0) is 14.3. The van der Waals surface area contributed by atoms with Crippen molar-refractivity contribution in [3.63, 3.8) is 0 Å². The molecule has 0 fully saturated rings. The Kier molecular flexibility index (Phi) is 8.83. The molecule has 1 aromatic carbocycles. The van der Waals surface area contributed by atoms with Gasteiger partial charge < -0.3 is 15.4 Å². The summed E-state index contributed by atoms with van der Waals surface area (Å²) in [6, 6.07) is 4.73. The summed E-state index contributed by atoms with van der Waals surface area (Å²) in [7, 11) is 1.80. The van der Waals surface area contributed by atoms with Gasteiger partial charge in [0.05, 0.1) is 5.69 Å².